The van der Waals surface area contributed by atoms with Crippen LogP contribution in [0.5, 0.6) is 0 Å². The Hall–Kier alpha value is -1.13. The average Bonchev–Trinajstić information content (AvgIpc) is 3.00. The molecule has 3 nitrogen and oxygen atoms in total. The van der Waals surface area contributed by atoms with E-state index in [0.29, 0.717) is 6.04 Å². The molecule has 0 aliphatic carbocycles. The predicted molar refractivity (Wildman–Crippen MR) is 71.2 cm³/mol. The zero-order chi connectivity index (χ0) is 11.5. The Labute approximate surface area is 105 Å². The SMILES string of the molecule is c1csc(-c2cnn(CC3CCCCN3)c2)c1. The molecule has 1 saturated heterocycles. The molecule has 1 fully saturated rings. The van der Waals surface area contributed by atoms with Crippen LogP contribution in [0.3, 0.4) is 0 Å². The lowest BCUT2D eigenvalue weighted by Gasteiger charge is -2.23. The lowest BCUT2D eigenvalue weighted by atomic mass is 10.1. The van der Waals surface area contributed by atoms with E-state index in [4.69, 9.17) is 0 Å². The molecule has 1 N–H and O–H groups in total. The summed E-state index contributed by atoms with van der Waals surface area (Å²) in [5.74, 6) is 0. The number of hydrogen-bond donors (Lipinski definition) is 1. The molecule has 17 heavy (non-hydrogen) atoms. The second-order valence-corrected chi connectivity index (χ2v) is 5.52. The Balaban J connectivity index is 1.68. The summed E-state index contributed by atoms with van der Waals surface area (Å²) >= 11 is 1.77. The summed E-state index contributed by atoms with van der Waals surface area (Å²) in [5.41, 5.74) is 1.23. The number of nitrogens with one attached hydrogen (secondary N) is 1. The minimum absolute atomic E-state index is 0.597. The van der Waals surface area contributed by atoms with Gasteiger partial charge in [-0.1, -0.05) is 12.5 Å². The summed E-state index contributed by atoms with van der Waals surface area (Å²) in [4.78, 5) is 1.30. The second kappa shape index (κ2) is 5.02. The fourth-order valence-corrected chi connectivity index (χ4v) is 3.04. The van der Waals surface area contributed by atoms with Gasteiger partial charge in [0.1, 0.15) is 0 Å². The molecule has 0 radical (unpaired) electrons. The van der Waals surface area contributed by atoms with Crippen molar-refractivity contribution in [2.24, 2.45) is 0 Å². The summed E-state index contributed by atoms with van der Waals surface area (Å²) in [6.45, 7) is 2.15. The molecule has 3 rings (SSSR count). The van der Waals surface area contributed by atoms with Crippen LogP contribution >= 0.6 is 11.3 Å². The number of piperidine rings is 1. The van der Waals surface area contributed by atoms with E-state index in [-0.39, 0.29) is 0 Å². The van der Waals surface area contributed by atoms with Gasteiger partial charge in [0, 0.05) is 22.7 Å². The highest BCUT2D eigenvalue weighted by Gasteiger charge is 2.13. The van der Waals surface area contributed by atoms with Gasteiger partial charge < -0.3 is 5.32 Å². The molecule has 0 spiro atoms. The monoisotopic (exact) mass is 247 g/mol. The van der Waals surface area contributed by atoms with E-state index in [2.05, 4.69) is 38.8 Å². The van der Waals surface area contributed by atoms with E-state index in [1.807, 2.05) is 6.20 Å². The molecule has 1 atom stereocenters. The van der Waals surface area contributed by atoms with Gasteiger partial charge in [0.15, 0.2) is 0 Å². The van der Waals surface area contributed by atoms with Crippen molar-refractivity contribution in [3.05, 3.63) is 29.9 Å². The normalized spacial score (nSPS) is 20.6. The molecular formula is C13H17N3S. The molecular weight excluding hydrogens is 230 g/mol. The molecule has 90 valence electrons. The standard InChI is InChI=1S/C13H17N3S/c1-2-6-14-12(4-1)10-16-9-11(8-15-16)13-5-3-7-17-13/h3,5,7-9,12,14H,1-2,4,6,10H2. The Morgan fingerprint density at radius 1 is 1.47 bits per heavy atom. The highest BCUT2D eigenvalue weighted by atomic mass is 32.1. The maximum absolute atomic E-state index is 4.45. The second-order valence-electron chi connectivity index (χ2n) is 4.58. The summed E-state index contributed by atoms with van der Waals surface area (Å²) in [5, 5.41) is 10.1. The van der Waals surface area contributed by atoms with Crippen molar-refractivity contribution in [2.75, 3.05) is 6.54 Å². The number of hydrogen-bond acceptors (Lipinski definition) is 3. The van der Waals surface area contributed by atoms with Gasteiger partial charge >= 0.3 is 0 Å². The van der Waals surface area contributed by atoms with Crippen molar-refractivity contribution in [3.63, 3.8) is 0 Å². The number of aromatic nitrogens is 2. The van der Waals surface area contributed by atoms with Crippen LogP contribution in [0, 0.1) is 0 Å². The summed E-state index contributed by atoms with van der Waals surface area (Å²) < 4.78 is 2.07. The molecule has 0 aromatic carbocycles. The van der Waals surface area contributed by atoms with Crippen LogP contribution in [-0.4, -0.2) is 22.4 Å². The van der Waals surface area contributed by atoms with Crippen molar-refractivity contribution in [3.8, 4) is 10.4 Å². The van der Waals surface area contributed by atoms with Gasteiger partial charge in [0.05, 0.1) is 12.7 Å². The van der Waals surface area contributed by atoms with E-state index in [1.54, 1.807) is 11.3 Å². The van der Waals surface area contributed by atoms with Crippen molar-refractivity contribution in [1.29, 1.82) is 0 Å². The van der Waals surface area contributed by atoms with Crippen molar-refractivity contribution in [1.82, 2.24) is 15.1 Å². The van der Waals surface area contributed by atoms with Crippen LogP contribution in [-0.2, 0) is 6.54 Å². The predicted octanol–water partition coefficient (Wildman–Crippen LogP) is 2.75. The van der Waals surface area contributed by atoms with Crippen molar-refractivity contribution in [2.45, 2.75) is 31.8 Å². The summed E-state index contributed by atoms with van der Waals surface area (Å²) in [7, 11) is 0. The Morgan fingerprint density at radius 3 is 3.24 bits per heavy atom. The zero-order valence-corrected chi connectivity index (χ0v) is 10.6. The first-order valence-electron chi connectivity index (χ1n) is 6.21. The lowest BCUT2D eigenvalue weighted by molar-refractivity contribution is 0.351. The average molecular weight is 247 g/mol. The van der Waals surface area contributed by atoms with Gasteiger partial charge in [0.25, 0.3) is 0 Å². The van der Waals surface area contributed by atoms with Crippen molar-refractivity contribution < 1.29 is 0 Å². The molecule has 4 heteroatoms. The van der Waals surface area contributed by atoms with E-state index in [9.17, 15) is 0 Å². The minimum Gasteiger partial charge on any atom is -0.312 e. The topological polar surface area (TPSA) is 29.9 Å². The van der Waals surface area contributed by atoms with Crippen LogP contribution in [0.25, 0.3) is 10.4 Å². The van der Waals surface area contributed by atoms with Crippen LogP contribution in [0.1, 0.15) is 19.3 Å². The molecule has 1 aliphatic heterocycles. The number of thiophene rings is 1. The number of nitrogens with zero attached hydrogens (tertiary/aromatic N) is 2. The van der Waals surface area contributed by atoms with E-state index in [1.165, 1.54) is 29.7 Å². The maximum Gasteiger partial charge on any atom is 0.0576 e. The molecule has 0 bridgehead atoms. The highest BCUT2D eigenvalue weighted by Crippen LogP contribution is 2.23. The third-order valence-electron chi connectivity index (χ3n) is 3.26. The Kier molecular flexibility index (Phi) is 3.25. The molecule has 1 aliphatic rings. The highest BCUT2D eigenvalue weighted by molar-refractivity contribution is 7.13. The van der Waals surface area contributed by atoms with E-state index < -0.39 is 0 Å². The van der Waals surface area contributed by atoms with Crippen LogP contribution in [0.4, 0.5) is 0 Å². The summed E-state index contributed by atoms with van der Waals surface area (Å²) in [6.07, 6.45) is 8.05. The van der Waals surface area contributed by atoms with Gasteiger partial charge in [-0.3, -0.25) is 4.68 Å². The fraction of sp³-hybridized carbons (Fsp3) is 0.462. The Morgan fingerprint density at radius 2 is 2.47 bits per heavy atom. The van der Waals surface area contributed by atoms with Gasteiger partial charge in [-0.15, -0.1) is 11.3 Å². The maximum atomic E-state index is 4.45. The van der Waals surface area contributed by atoms with Gasteiger partial charge in [-0.25, -0.2) is 0 Å². The molecule has 2 aromatic rings. The zero-order valence-electron chi connectivity index (χ0n) is 9.80. The smallest absolute Gasteiger partial charge is 0.0576 e. The number of rotatable bonds is 3. The van der Waals surface area contributed by atoms with Crippen LogP contribution < -0.4 is 5.32 Å². The quantitative estimate of drug-likeness (QED) is 0.904. The fourth-order valence-electron chi connectivity index (χ4n) is 2.34. The lowest BCUT2D eigenvalue weighted by Crippen LogP contribution is -2.37. The van der Waals surface area contributed by atoms with Gasteiger partial charge in [-0.2, -0.15) is 5.10 Å². The van der Waals surface area contributed by atoms with E-state index >= 15 is 0 Å². The largest absolute Gasteiger partial charge is 0.312 e. The molecule has 2 aromatic heterocycles. The summed E-state index contributed by atoms with van der Waals surface area (Å²) in [6, 6.07) is 4.82. The van der Waals surface area contributed by atoms with Gasteiger partial charge in [0.2, 0.25) is 0 Å². The van der Waals surface area contributed by atoms with Crippen molar-refractivity contribution >= 4 is 11.3 Å². The first-order chi connectivity index (χ1) is 8.42. The third-order valence-corrected chi connectivity index (χ3v) is 4.18. The molecule has 3 heterocycles. The molecule has 0 saturated carbocycles. The Bertz CT molecular complexity index is 455. The first-order valence-corrected chi connectivity index (χ1v) is 7.09. The third kappa shape index (κ3) is 2.58. The van der Waals surface area contributed by atoms with Crippen LogP contribution in [0.2, 0.25) is 0 Å². The first kappa shape index (κ1) is 11.0. The minimum atomic E-state index is 0.597. The van der Waals surface area contributed by atoms with Crippen LogP contribution in [0.15, 0.2) is 29.9 Å². The van der Waals surface area contributed by atoms with Gasteiger partial charge in [-0.05, 0) is 30.8 Å². The molecule has 1 unspecified atom stereocenters. The van der Waals surface area contributed by atoms with E-state index in [0.717, 1.165) is 13.1 Å². The molecule has 0 amide bonds.